The van der Waals surface area contributed by atoms with Crippen molar-refractivity contribution < 1.29 is 14.6 Å². The van der Waals surface area contributed by atoms with Crippen molar-refractivity contribution in [2.75, 3.05) is 6.61 Å². The van der Waals surface area contributed by atoms with Crippen LogP contribution in [-0.2, 0) is 9.53 Å². The molecule has 2 unspecified atom stereocenters. The number of esters is 1. The van der Waals surface area contributed by atoms with E-state index in [1.165, 1.54) is 0 Å². The summed E-state index contributed by atoms with van der Waals surface area (Å²) < 4.78 is 5.11. The molecule has 1 rings (SSSR count). The number of carbonyl (C=O) groups is 1. The fourth-order valence-electron chi connectivity index (χ4n) is 1.11. The molecule has 0 aliphatic heterocycles. The zero-order valence-electron chi connectivity index (χ0n) is 8.39. The van der Waals surface area contributed by atoms with Gasteiger partial charge in [-0.3, -0.25) is 4.79 Å². The molecule has 1 N–H and O–H groups in total. The van der Waals surface area contributed by atoms with Gasteiger partial charge >= 0.3 is 5.97 Å². The fraction of sp³-hybridized carbons (Fsp3) is 0.364. The minimum atomic E-state index is -0.585. The Hall–Kier alpha value is -0.870. The van der Waals surface area contributed by atoms with Gasteiger partial charge in [0, 0.05) is 0 Å². The number of alkyl halides is 1. The van der Waals surface area contributed by atoms with Gasteiger partial charge in [-0.1, -0.05) is 46.3 Å². The Balaban J connectivity index is 2.69. The van der Waals surface area contributed by atoms with Crippen LogP contribution in [0.1, 0.15) is 18.6 Å². The molecule has 0 saturated carbocycles. The highest BCUT2D eigenvalue weighted by Crippen LogP contribution is 2.18. The maximum atomic E-state index is 11.3. The van der Waals surface area contributed by atoms with Gasteiger partial charge in [0.25, 0.3) is 0 Å². The van der Waals surface area contributed by atoms with Crippen molar-refractivity contribution in [2.45, 2.75) is 17.9 Å². The Kier molecular flexibility index (Phi) is 4.78. The molecule has 0 saturated heterocycles. The molecule has 4 heteroatoms. The normalized spacial score (nSPS) is 14.3. The highest BCUT2D eigenvalue weighted by Gasteiger charge is 2.18. The summed E-state index contributed by atoms with van der Waals surface area (Å²) in [6, 6.07) is 9.17. The van der Waals surface area contributed by atoms with Gasteiger partial charge < -0.3 is 9.84 Å². The predicted octanol–water partition coefficient (Wildman–Crippen LogP) is 2.05. The number of aliphatic hydroxyl groups excluding tert-OH is 1. The minimum Gasteiger partial charge on any atom is -0.454 e. The molecule has 0 amide bonds. The second-order valence-corrected chi connectivity index (χ2v) is 4.51. The van der Waals surface area contributed by atoms with Crippen molar-refractivity contribution in [3.8, 4) is 0 Å². The van der Waals surface area contributed by atoms with E-state index < -0.39 is 6.10 Å². The Morgan fingerprint density at radius 3 is 2.53 bits per heavy atom. The molecule has 3 nitrogen and oxygen atoms in total. The van der Waals surface area contributed by atoms with Crippen molar-refractivity contribution in [3.63, 3.8) is 0 Å². The van der Waals surface area contributed by atoms with Crippen molar-refractivity contribution in [1.29, 1.82) is 0 Å². The summed E-state index contributed by atoms with van der Waals surface area (Å²) in [5, 5.41) is 9.12. The van der Waals surface area contributed by atoms with Crippen molar-refractivity contribution in [3.05, 3.63) is 35.9 Å². The first-order valence-corrected chi connectivity index (χ1v) is 5.57. The van der Waals surface area contributed by atoms with E-state index in [9.17, 15) is 4.79 Å². The Morgan fingerprint density at radius 2 is 2.07 bits per heavy atom. The number of benzene rings is 1. The zero-order valence-corrected chi connectivity index (χ0v) is 9.98. The van der Waals surface area contributed by atoms with Gasteiger partial charge in [0.2, 0.25) is 0 Å². The lowest BCUT2D eigenvalue weighted by Gasteiger charge is -2.16. The quantitative estimate of drug-likeness (QED) is 0.674. The fourth-order valence-corrected chi connectivity index (χ4v) is 1.22. The average Bonchev–Trinajstić information content (AvgIpc) is 2.26. The Labute approximate surface area is 97.2 Å². The number of halogens is 1. The third-order valence-electron chi connectivity index (χ3n) is 1.92. The maximum Gasteiger partial charge on any atom is 0.320 e. The van der Waals surface area contributed by atoms with E-state index in [-0.39, 0.29) is 17.4 Å². The molecule has 0 aromatic heterocycles. The molecule has 1 aromatic rings. The number of ether oxygens (including phenoxy) is 1. The monoisotopic (exact) mass is 272 g/mol. The number of aliphatic hydroxyl groups is 1. The van der Waals surface area contributed by atoms with E-state index in [0.29, 0.717) is 0 Å². The molecular weight excluding hydrogens is 260 g/mol. The van der Waals surface area contributed by atoms with Crippen molar-refractivity contribution >= 4 is 21.9 Å². The van der Waals surface area contributed by atoms with Gasteiger partial charge in [-0.15, -0.1) is 0 Å². The molecule has 15 heavy (non-hydrogen) atoms. The summed E-state index contributed by atoms with van der Waals surface area (Å²) in [5.74, 6) is -0.377. The predicted molar refractivity (Wildman–Crippen MR) is 60.7 cm³/mol. The van der Waals surface area contributed by atoms with Gasteiger partial charge in [0.15, 0.2) is 0 Å². The lowest BCUT2D eigenvalue weighted by Crippen LogP contribution is -2.19. The molecule has 0 spiro atoms. The largest absolute Gasteiger partial charge is 0.454 e. The topological polar surface area (TPSA) is 46.5 Å². The Morgan fingerprint density at radius 1 is 1.47 bits per heavy atom. The van der Waals surface area contributed by atoms with Crippen LogP contribution in [0.25, 0.3) is 0 Å². The number of carbonyl (C=O) groups excluding carboxylic acids is 1. The smallest absolute Gasteiger partial charge is 0.320 e. The van der Waals surface area contributed by atoms with Crippen LogP contribution in [-0.4, -0.2) is 22.5 Å². The van der Waals surface area contributed by atoms with Gasteiger partial charge in [0.1, 0.15) is 10.9 Å². The van der Waals surface area contributed by atoms with Crippen LogP contribution in [0.15, 0.2) is 30.3 Å². The van der Waals surface area contributed by atoms with Crippen molar-refractivity contribution in [2.24, 2.45) is 0 Å². The maximum absolute atomic E-state index is 11.3. The summed E-state index contributed by atoms with van der Waals surface area (Å²) in [6.45, 7) is 1.47. The van der Waals surface area contributed by atoms with Crippen LogP contribution < -0.4 is 0 Å². The van der Waals surface area contributed by atoms with Crippen LogP contribution in [0.3, 0.4) is 0 Å². The molecule has 0 heterocycles. The summed E-state index contributed by atoms with van der Waals surface area (Å²) >= 11 is 3.11. The highest BCUT2D eigenvalue weighted by molar-refractivity contribution is 9.10. The summed E-state index contributed by atoms with van der Waals surface area (Å²) in [5.41, 5.74) is 0.793. The summed E-state index contributed by atoms with van der Waals surface area (Å²) in [4.78, 5) is 10.9. The van der Waals surface area contributed by atoms with E-state index in [1.807, 2.05) is 30.3 Å². The summed E-state index contributed by atoms with van der Waals surface area (Å²) in [7, 11) is 0. The molecule has 0 aliphatic carbocycles. The van der Waals surface area contributed by atoms with Crippen LogP contribution >= 0.6 is 15.9 Å². The molecule has 2 atom stereocenters. The second-order valence-electron chi connectivity index (χ2n) is 3.13. The Bertz CT molecular complexity index is 311. The van der Waals surface area contributed by atoms with Crippen LogP contribution in [0.5, 0.6) is 0 Å². The third kappa shape index (κ3) is 3.64. The van der Waals surface area contributed by atoms with E-state index in [1.54, 1.807) is 6.92 Å². The molecular formula is C11H13BrO3. The lowest BCUT2D eigenvalue weighted by atomic mass is 10.1. The van der Waals surface area contributed by atoms with Gasteiger partial charge in [-0.2, -0.15) is 0 Å². The molecule has 1 aromatic carbocycles. The SMILES string of the molecule is CC(Br)C(=O)OC(CO)c1ccccc1. The lowest BCUT2D eigenvalue weighted by molar-refractivity contribution is -0.150. The zero-order chi connectivity index (χ0) is 11.3. The number of hydrogen-bond acceptors (Lipinski definition) is 3. The van der Waals surface area contributed by atoms with Crippen LogP contribution in [0.2, 0.25) is 0 Å². The molecule has 0 bridgehead atoms. The molecule has 0 fully saturated rings. The number of hydrogen-bond donors (Lipinski definition) is 1. The van der Waals surface area contributed by atoms with E-state index >= 15 is 0 Å². The van der Waals surface area contributed by atoms with Gasteiger partial charge in [-0.05, 0) is 12.5 Å². The van der Waals surface area contributed by atoms with E-state index in [0.717, 1.165) is 5.56 Å². The standard InChI is InChI=1S/C11H13BrO3/c1-8(12)11(14)15-10(7-13)9-5-3-2-4-6-9/h2-6,8,10,13H,7H2,1H3. The first kappa shape index (κ1) is 12.2. The van der Waals surface area contributed by atoms with Crippen molar-refractivity contribution in [1.82, 2.24) is 0 Å². The first-order valence-electron chi connectivity index (χ1n) is 4.65. The van der Waals surface area contributed by atoms with Crippen LogP contribution in [0.4, 0.5) is 0 Å². The van der Waals surface area contributed by atoms with E-state index in [4.69, 9.17) is 9.84 Å². The molecule has 0 aliphatic rings. The summed E-state index contributed by atoms with van der Waals surface area (Å²) in [6.07, 6.45) is -0.585. The van der Waals surface area contributed by atoms with Gasteiger partial charge in [-0.25, -0.2) is 0 Å². The molecule has 0 radical (unpaired) electrons. The third-order valence-corrected chi connectivity index (χ3v) is 2.29. The average molecular weight is 273 g/mol. The number of rotatable bonds is 4. The van der Waals surface area contributed by atoms with Gasteiger partial charge in [0.05, 0.1) is 6.61 Å². The highest BCUT2D eigenvalue weighted by atomic mass is 79.9. The minimum absolute atomic E-state index is 0.213. The van der Waals surface area contributed by atoms with Crippen LogP contribution in [0, 0.1) is 0 Å². The van der Waals surface area contributed by atoms with E-state index in [2.05, 4.69) is 15.9 Å². The second kappa shape index (κ2) is 5.88. The molecule has 82 valence electrons. The first-order chi connectivity index (χ1) is 7.15.